The number of benzene rings is 2. The molecule has 2 aliphatic heterocycles. The summed E-state index contributed by atoms with van der Waals surface area (Å²) in [7, 11) is 0. The van der Waals surface area contributed by atoms with Gasteiger partial charge in [0, 0.05) is 23.5 Å². The number of carbonyl (C=O) groups is 1. The van der Waals surface area contributed by atoms with E-state index in [9.17, 15) is 9.90 Å². The number of carboxylic acid groups (broad SMARTS) is 1. The van der Waals surface area contributed by atoms with Crippen LogP contribution in [0.1, 0.15) is 54.7 Å². The van der Waals surface area contributed by atoms with E-state index in [1.54, 1.807) is 0 Å². The van der Waals surface area contributed by atoms with Crippen LogP contribution in [0.2, 0.25) is 0 Å². The van der Waals surface area contributed by atoms with E-state index < -0.39 is 17.7 Å². The van der Waals surface area contributed by atoms with Crippen molar-refractivity contribution in [3.05, 3.63) is 52.1 Å². The summed E-state index contributed by atoms with van der Waals surface area (Å²) in [5.74, 6) is -0.0401. The second kappa shape index (κ2) is 8.03. The number of nitrogens with zero attached hydrogens (tertiary/aromatic N) is 1. The van der Waals surface area contributed by atoms with Gasteiger partial charge in [0.1, 0.15) is 12.4 Å². The Morgan fingerprint density at radius 3 is 2.68 bits per heavy atom. The molecule has 2 aromatic carbocycles. The molecule has 0 saturated heterocycles. The third-order valence-electron chi connectivity index (χ3n) is 6.00. The number of aryl methyl sites for hydroxylation is 1. The topological polar surface area (TPSA) is 59.0 Å². The van der Waals surface area contributed by atoms with Gasteiger partial charge < -0.3 is 19.5 Å². The minimum Gasteiger partial charge on any atom is -0.492 e. The van der Waals surface area contributed by atoms with Crippen LogP contribution in [0.5, 0.6) is 5.75 Å². The van der Waals surface area contributed by atoms with Gasteiger partial charge in [-0.3, -0.25) is 0 Å². The van der Waals surface area contributed by atoms with Crippen LogP contribution in [0.4, 0.5) is 11.4 Å². The largest absolute Gasteiger partial charge is 0.492 e. The normalized spacial score (nSPS) is 18.9. The van der Waals surface area contributed by atoms with Gasteiger partial charge in [0.15, 0.2) is 6.10 Å². The number of carboxylic acids is 1. The lowest BCUT2D eigenvalue weighted by atomic mass is 9.97. The highest BCUT2D eigenvalue weighted by atomic mass is 35.5. The molecule has 0 unspecified atom stereocenters. The third kappa shape index (κ3) is 4.26. The van der Waals surface area contributed by atoms with Crippen LogP contribution < -0.4 is 9.64 Å². The van der Waals surface area contributed by atoms with Crippen LogP contribution >= 0.6 is 11.6 Å². The van der Waals surface area contributed by atoms with Gasteiger partial charge in [0.2, 0.25) is 0 Å². The average Bonchev–Trinajstić information content (AvgIpc) is 3.08. The third-order valence-corrected chi connectivity index (χ3v) is 6.28. The molecule has 2 aliphatic rings. The number of hydrogen-bond donors (Lipinski definition) is 1. The Morgan fingerprint density at radius 2 is 2.00 bits per heavy atom. The summed E-state index contributed by atoms with van der Waals surface area (Å²) in [6, 6.07) is 8.27. The maximum absolute atomic E-state index is 12.0. The number of alkyl halides is 1. The van der Waals surface area contributed by atoms with E-state index in [1.807, 2.05) is 39.8 Å². The molecule has 4 rings (SSSR count). The summed E-state index contributed by atoms with van der Waals surface area (Å²) in [4.78, 5) is 14.3. The van der Waals surface area contributed by atoms with Crippen molar-refractivity contribution in [3.63, 3.8) is 0 Å². The number of halogens is 1. The highest BCUT2D eigenvalue weighted by Crippen LogP contribution is 2.42. The number of rotatable bonds is 4. The van der Waals surface area contributed by atoms with Gasteiger partial charge in [-0.1, -0.05) is 6.07 Å². The van der Waals surface area contributed by atoms with Crippen LogP contribution in [0.3, 0.4) is 0 Å². The first kappa shape index (κ1) is 22.0. The number of fused-ring (bicyclic) bond motifs is 2. The summed E-state index contributed by atoms with van der Waals surface area (Å²) >= 11 is 6.35. The summed E-state index contributed by atoms with van der Waals surface area (Å²) in [5.41, 5.74) is 6.89. The molecule has 2 atom stereocenters. The Labute approximate surface area is 188 Å². The molecule has 2 aromatic rings. The van der Waals surface area contributed by atoms with E-state index in [0.29, 0.717) is 6.61 Å². The minimum atomic E-state index is -0.984. The molecule has 0 bridgehead atoms. The zero-order valence-electron chi connectivity index (χ0n) is 18.8. The van der Waals surface area contributed by atoms with Crippen LogP contribution in [0.15, 0.2) is 24.3 Å². The zero-order chi connectivity index (χ0) is 22.5. The molecule has 31 heavy (non-hydrogen) atoms. The molecule has 2 heterocycles. The van der Waals surface area contributed by atoms with Gasteiger partial charge in [-0.2, -0.15) is 0 Å². The quantitative estimate of drug-likeness (QED) is 0.634. The maximum atomic E-state index is 12.0. The standard InChI is InChI=1S/C25H30ClNO4/c1-14-10-21-16(11-18(14)23(24(28)29)31-25(3,4)5)8-9-27(21)20-6-7-22-19(15(20)2)12-17(26)13-30-22/h6-7,10-11,17,23H,8-9,12-13H2,1-5H3,(H,28,29)/t17-,23+/m1/s1. The van der Waals surface area contributed by atoms with Crippen LogP contribution in [0.25, 0.3) is 0 Å². The van der Waals surface area contributed by atoms with Crippen molar-refractivity contribution in [1.82, 2.24) is 0 Å². The molecule has 6 heteroatoms. The molecule has 166 valence electrons. The fraction of sp³-hybridized carbons (Fsp3) is 0.480. The molecule has 5 nitrogen and oxygen atoms in total. The van der Waals surface area contributed by atoms with E-state index in [2.05, 4.69) is 24.0 Å². The summed E-state index contributed by atoms with van der Waals surface area (Å²) in [6.07, 6.45) is 0.678. The van der Waals surface area contributed by atoms with Crippen molar-refractivity contribution in [3.8, 4) is 5.75 Å². The molecule has 0 fully saturated rings. The van der Waals surface area contributed by atoms with Gasteiger partial charge in [-0.05, 0) is 87.9 Å². The van der Waals surface area contributed by atoms with E-state index >= 15 is 0 Å². The van der Waals surface area contributed by atoms with Crippen molar-refractivity contribution in [1.29, 1.82) is 0 Å². The Morgan fingerprint density at radius 1 is 1.26 bits per heavy atom. The number of anilines is 2. The molecule has 0 saturated carbocycles. The van der Waals surface area contributed by atoms with Crippen LogP contribution in [-0.4, -0.2) is 35.2 Å². The highest BCUT2D eigenvalue weighted by Gasteiger charge is 2.31. The van der Waals surface area contributed by atoms with Gasteiger partial charge in [0.05, 0.1) is 11.0 Å². The first-order valence-corrected chi connectivity index (χ1v) is 11.2. The fourth-order valence-electron chi connectivity index (χ4n) is 4.56. The van der Waals surface area contributed by atoms with Crippen molar-refractivity contribution >= 4 is 28.9 Å². The van der Waals surface area contributed by atoms with Gasteiger partial charge in [-0.15, -0.1) is 11.6 Å². The van der Waals surface area contributed by atoms with Gasteiger partial charge in [0.25, 0.3) is 0 Å². The Hall–Kier alpha value is -2.24. The van der Waals surface area contributed by atoms with E-state index in [-0.39, 0.29) is 5.38 Å². The molecule has 0 amide bonds. The van der Waals surface area contributed by atoms with Gasteiger partial charge >= 0.3 is 5.97 Å². The summed E-state index contributed by atoms with van der Waals surface area (Å²) in [5, 5.41) is 9.80. The predicted octanol–water partition coefficient (Wildman–Crippen LogP) is 5.48. The first-order valence-electron chi connectivity index (χ1n) is 10.8. The monoisotopic (exact) mass is 443 g/mol. The Kier molecular flexibility index (Phi) is 5.69. The zero-order valence-corrected chi connectivity index (χ0v) is 19.5. The molecule has 0 spiro atoms. The number of aliphatic carboxylic acids is 1. The van der Waals surface area contributed by atoms with E-state index in [4.69, 9.17) is 21.1 Å². The molecular formula is C25H30ClNO4. The molecule has 0 aliphatic carbocycles. The molecule has 1 N–H and O–H groups in total. The SMILES string of the molecule is Cc1cc2c(cc1[C@H](OC(C)(C)C)C(=O)O)CCN2c1ccc2c(c1C)C[C@@H](Cl)CO2. The smallest absolute Gasteiger partial charge is 0.337 e. The van der Waals surface area contributed by atoms with Crippen molar-refractivity contribution in [2.45, 2.75) is 64.5 Å². The number of ether oxygens (including phenoxy) is 2. The first-order chi connectivity index (χ1) is 14.5. The van der Waals surface area contributed by atoms with E-state index in [0.717, 1.165) is 53.2 Å². The summed E-state index contributed by atoms with van der Waals surface area (Å²) in [6.45, 7) is 11.1. The van der Waals surface area contributed by atoms with E-state index in [1.165, 1.54) is 11.1 Å². The molecule has 0 aromatic heterocycles. The lowest BCUT2D eigenvalue weighted by Crippen LogP contribution is -2.28. The minimum absolute atomic E-state index is 0.00659. The van der Waals surface area contributed by atoms with Crippen LogP contribution in [0, 0.1) is 13.8 Å². The lowest BCUT2D eigenvalue weighted by molar-refractivity contribution is -0.160. The fourth-order valence-corrected chi connectivity index (χ4v) is 4.77. The molecule has 0 radical (unpaired) electrons. The highest BCUT2D eigenvalue weighted by molar-refractivity contribution is 6.21. The number of hydrogen-bond acceptors (Lipinski definition) is 4. The van der Waals surface area contributed by atoms with Crippen molar-refractivity contribution in [2.24, 2.45) is 0 Å². The maximum Gasteiger partial charge on any atom is 0.337 e. The van der Waals surface area contributed by atoms with Gasteiger partial charge in [-0.25, -0.2) is 4.79 Å². The average molecular weight is 444 g/mol. The predicted molar refractivity (Wildman–Crippen MR) is 123 cm³/mol. The summed E-state index contributed by atoms with van der Waals surface area (Å²) < 4.78 is 11.7. The lowest BCUT2D eigenvalue weighted by Gasteiger charge is -2.29. The second-order valence-electron chi connectivity index (χ2n) is 9.49. The second-order valence-corrected chi connectivity index (χ2v) is 10.1. The Balaban J connectivity index is 1.71. The van der Waals surface area contributed by atoms with Crippen molar-refractivity contribution in [2.75, 3.05) is 18.1 Å². The van der Waals surface area contributed by atoms with Crippen molar-refractivity contribution < 1.29 is 19.4 Å². The Bertz CT molecular complexity index is 1030. The molecular weight excluding hydrogens is 414 g/mol. The van der Waals surface area contributed by atoms with Crippen LogP contribution in [-0.2, 0) is 22.4 Å².